The average molecular weight is 316 g/mol. The topological polar surface area (TPSA) is 65.4 Å². The summed E-state index contributed by atoms with van der Waals surface area (Å²) in [6.07, 6.45) is 4.11. The van der Waals surface area contributed by atoms with Crippen molar-refractivity contribution in [2.45, 2.75) is 51.1 Å². The van der Waals surface area contributed by atoms with Crippen LogP contribution in [0.2, 0.25) is 0 Å². The molecular formula is C17H20N2O2S. The number of phenols is 2. The fourth-order valence-corrected chi connectivity index (χ4v) is 4.89. The van der Waals surface area contributed by atoms with Gasteiger partial charge in [0.1, 0.15) is 0 Å². The standard InChI is InChI=1S/C17H20N2O2S/c1-2-3-15-19-17-14(22-15)8-18-11-5-4-9-6-12(20)13(21)7-10(9)16(11)17/h6-7,11,16,18,20-21H,2-5,8H2,1H3. The van der Waals surface area contributed by atoms with Gasteiger partial charge in [0, 0.05) is 23.4 Å². The first-order valence-electron chi connectivity index (χ1n) is 7.94. The molecule has 0 radical (unpaired) electrons. The quantitative estimate of drug-likeness (QED) is 0.745. The van der Waals surface area contributed by atoms with Crippen LogP contribution in [0.15, 0.2) is 12.1 Å². The van der Waals surface area contributed by atoms with Gasteiger partial charge in [-0.2, -0.15) is 0 Å². The Balaban J connectivity index is 1.83. The van der Waals surface area contributed by atoms with Crippen LogP contribution in [0.1, 0.15) is 52.4 Å². The third-order valence-corrected chi connectivity index (χ3v) is 5.88. The highest BCUT2D eigenvalue weighted by Gasteiger charge is 2.37. The Morgan fingerprint density at radius 3 is 2.95 bits per heavy atom. The molecule has 1 aliphatic carbocycles. The van der Waals surface area contributed by atoms with Crippen molar-refractivity contribution in [3.63, 3.8) is 0 Å². The molecule has 2 aliphatic rings. The van der Waals surface area contributed by atoms with E-state index in [1.807, 2.05) is 11.3 Å². The number of phenolic OH excluding ortho intramolecular Hbond substituents is 2. The number of benzene rings is 1. The average Bonchev–Trinajstić information content (AvgIpc) is 2.91. The third-order valence-electron chi connectivity index (χ3n) is 4.75. The molecule has 1 aliphatic heterocycles. The summed E-state index contributed by atoms with van der Waals surface area (Å²) in [7, 11) is 0. The van der Waals surface area contributed by atoms with Crippen LogP contribution in [0.4, 0.5) is 0 Å². The lowest BCUT2D eigenvalue weighted by Gasteiger charge is -2.37. The number of nitrogens with zero attached hydrogens (tertiary/aromatic N) is 1. The van der Waals surface area contributed by atoms with Gasteiger partial charge in [0.25, 0.3) is 0 Å². The molecule has 2 unspecified atom stereocenters. The minimum Gasteiger partial charge on any atom is -0.504 e. The van der Waals surface area contributed by atoms with E-state index in [0.29, 0.717) is 6.04 Å². The number of hydrogen-bond acceptors (Lipinski definition) is 5. The number of hydrogen-bond donors (Lipinski definition) is 3. The van der Waals surface area contributed by atoms with Gasteiger partial charge in [0.05, 0.1) is 10.7 Å². The van der Waals surface area contributed by atoms with Gasteiger partial charge < -0.3 is 15.5 Å². The maximum Gasteiger partial charge on any atom is 0.157 e. The van der Waals surface area contributed by atoms with E-state index >= 15 is 0 Å². The number of rotatable bonds is 2. The van der Waals surface area contributed by atoms with Gasteiger partial charge in [-0.3, -0.25) is 0 Å². The first-order valence-corrected chi connectivity index (χ1v) is 8.75. The molecule has 2 aromatic rings. The molecule has 2 heterocycles. The van der Waals surface area contributed by atoms with Crippen molar-refractivity contribution < 1.29 is 10.2 Å². The lowest BCUT2D eigenvalue weighted by atomic mass is 9.75. The molecule has 0 saturated heterocycles. The monoisotopic (exact) mass is 316 g/mol. The van der Waals surface area contributed by atoms with Crippen molar-refractivity contribution in [2.75, 3.05) is 0 Å². The molecule has 2 atom stereocenters. The van der Waals surface area contributed by atoms with Crippen LogP contribution in [0, 0.1) is 0 Å². The largest absolute Gasteiger partial charge is 0.504 e. The summed E-state index contributed by atoms with van der Waals surface area (Å²) in [6.45, 7) is 3.08. The number of fused-ring (bicyclic) bond motifs is 5. The third kappa shape index (κ3) is 2.11. The number of nitrogens with one attached hydrogen (secondary N) is 1. The van der Waals surface area contributed by atoms with Crippen molar-refractivity contribution in [1.82, 2.24) is 10.3 Å². The predicted octanol–water partition coefficient (Wildman–Crippen LogP) is 3.06. The molecule has 0 spiro atoms. The Labute approximate surface area is 133 Å². The van der Waals surface area contributed by atoms with Crippen LogP contribution in [0.3, 0.4) is 0 Å². The molecule has 5 heteroatoms. The van der Waals surface area contributed by atoms with Crippen LogP contribution < -0.4 is 5.32 Å². The summed E-state index contributed by atoms with van der Waals surface area (Å²) in [5.74, 6) is 0.141. The van der Waals surface area contributed by atoms with E-state index < -0.39 is 0 Å². The highest BCUT2D eigenvalue weighted by Crippen LogP contribution is 2.44. The molecule has 1 aromatic heterocycles. The Morgan fingerprint density at radius 1 is 1.32 bits per heavy atom. The molecule has 0 fully saturated rings. The van der Waals surface area contributed by atoms with Gasteiger partial charge in [-0.15, -0.1) is 11.3 Å². The zero-order valence-corrected chi connectivity index (χ0v) is 13.4. The second-order valence-electron chi connectivity index (χ2n) is 6.21. The van der Waals surface area contributed by atoms with E-state index in [2.05, 4.69) is 12.2 Å². The number of aromatic hydroxyl groups is 2. The fraction of sp³-hybridized carbons (Fsp3) is 0.471. The Bertz CT molecular complexity index is 726. The van der Waals surface area contributed by atoms with Crippen LogP contribution in [0.5, 0.6) is 11.5 Å². The SMILES string of the molecule is CCCc1nc2c(s1)CNC1CCc3cc(O)c(O)cc3C21. The Morgan fingerprint density at radius 2 is 2.14 bits per heavy atom. The number of aryl methyl sites for hydroxylation is 2. The van der Waals surface area contributed by atoms with Crippen LogP contribution in [-0.4, -0.2) is 21.2 Å². The molecule has 0 amide bonds. The summed E-state index contributed by atoms with van der Waals surface area (Å²) in [4.78, 5) is 6.23. The number of aromatic nitrogens is 1. The number of thiazole rings is 1. The Kier molecular flexibility index (Phi) is 3.35. The normalized spacial score (nSPS) is 22.8. The Hall–Kier alpha value is -1.59. The van der Waals surface area contributed by atoms with Crippen LogP contribution in [-0.2, 0) is 19.4 Å². The fourth-order valence-electron chi connectivity index (χ4n) is 3.72. The zero-order chi connectivity index (χ0) is 15.3. The van der Waals surface area contributed by atoms with Crippen molar-refractivity contribution in [2.24, 2.45) is 0 Å². The lowest BCUT2D eigenvalue weighted by molar-refractivity contribution is 0.378. The van der Waals surface area contributed by atoms with Gasteiger partial charge in [0.15, 0.2) is 11.5 Å². The molecule has 0 saturated carbocycles. The predicted molar refractivity (Wildman–Crippen MR) is 86.7 cm³/mol. The maximum atomic E-state index is 9.91. The molecular weight excluding hydrogens is 296 g/mol. The van der Waals surface area contributed by atoms with Crippen molar-refractivity contribution >= 4 is 11.3 Å². The van der Waals surface area contributed by atoms with Gasteiger partial charge >= 0.3 is 0 Å². The maximum absolute atomic E-state index is 9.91. The van der Waals surface area contributed by atoms with Gasteiger partial charge in [-0.05, 0) is 48.9 Å². The molecule has 4 nitrogen and oxygen atoms in total. The molecule has 0 bridgehead atoms. The van der Waals surface area contributed by atoms with E-state index in [-0.39, 0.29) is 17.4 Å². The van der Waals surface area contributed by atoms with E-state index in [1.54, 1.807) is 12.1 Å². The first-order chi connectivity index (χ1) is 10.7. The van der Waals surface area contributed by atoms with Gasteiger partial charge in [-0.25, -0.2) is 4.98 Å². The van der Waals surface area contributed by atoms with E-state index in [9.17, 15) is 10.2 Å². The summed E-state index contributed by atoms with van der Waals surface area (Å²) in [6, 6.07) is 3.83. The lowest BCUT2D eigenvalue weighted by Crippen LogP contribution is -2.42. The van der Waals surface area contributed by atoms with Crippen LogP contribution >= 0.6 is 11.3 Å². The molecule has 1 aromatic carbocycles. The zero-order valence-electron chi connectivity index (χ0n) is 12.6. The molecule has 3 N–H and O–H groups in total. The highest BCUT2D eigenvalue weighted by molar-refractivity contribution is 7.11. The minimum absolute atomic E-state index is 0.0221. The van der Waals surface area contributed by atoms with Crippen LogP contribution in [0.25, 0.3) is 0 Å². The van der Waals surface area contributed by atoms with Crippen molar-refractivity contribution in [3.05, 3.63) is 38.8 Å². The van der Waals surface area contributed by atoms with E-state index in [0.717, 1.165) is 43.4 Å². The minimum atomic E-state index is -0.0319. The summed E-state index contributed by atoms with van der Waals surface area (Å²) in [5.41, 5.74) is 3.44. The smallest absolute Gasteiger partial charge is 0.157 e. The van der Waals surface area contributed by atoms with E-state index in [1.165, 1.54) is 15.6 Å². The second kappa shape index (κ2) is 5.25. The summed E-state index contributed by atoms with van der Waals surface area (Å²) >= 11 is 1.81. The summed E-state index contributed by atoms with van der Waals surface area (Å²) < 4.78 is 0. The molecule has 22 heavy (non-hydrogen) atoms. The molecule has 4 rings (SSSR count). The highest BCUT2D eigenvalue weighted by atomic mass is 32.1. The van der Waals surface area contributed by atoms with Crippen molar-refractivity contribution in [1.29, 1.82) is 0 Å². The van der Waals surface area contributed by atoms with Gasteiger partial charge in [0.2, 0.25) is 0 Å². The van der Waals surface area contributed by atoms with Crippen molar-refractivity contribution in [3.8, 4) is 11.5 Å². The second-order valence-corrected chi connectivity index (χ2v) is 7.38. The first kappa shape index (κ1) is 14.0. The summed E-state index contributed by atoms with van der Waals surface area (Å²) in [5, 5.41) is 24.5. The van der Waals surface area contributed by atoms with Gasteiger partial charge in [-0.1, -0.05) is 6.92 Å². The molecule has 116 valence electrons. The van der Waals surface area contributed by atoms with E-state index in [4.69, 9.17) is 4.98 Å².